The van der Waals surface area contributed by atoms with Gasteiger partial charge in [-0.05, 0) is 58.3 Å². The van der Waals surface area contributed by atoms with E-state index in [4.69, 9.17) is 29.3 Å². The average molecular weight is 756 g/mol. The van der Waals surface area contributed by atoms with E-state index >= 15 is 0 Å². The van der Waals surface area contributed by atoms with Crippen LogP contribution >= 0.6 is 0 Å². The second-order valence-electron chi connectivity index (χ2n) is 14.5. The van der Waals surface area contributed by atoms with Crippen molar-refractivity contribution in [2.24, 2.45) is 0 Å². The fourth-order valence-corrected chi connectivity index (χ4v) is 7.81. The van der Waals surface area contributed by atoms with Crippen molar-refractivity contribution in [3.63, 3.8) is 0 Å². The molecule has 0 aliphatic heterocycles. The van der Waals surface area contributed by atoms with Crippen LogP contribution in [0.5, 0.6) is 0 Å². The SMILES string of the molecule is c1ccc(-c2nc(-c3cccc(-c4cccc(-c5nc(-c6ccccc6)nc(-c6ccc7c(c6)oc6ccccc67)n5)c4)c3)cc(-c3cccc4ccccc34)n2)cc1. The number of benzene rings is 8. The number of nitrogens with zero attached hydrogens (tertiary/aromatic N) is 5. The van der Waals surface area contributed by atoms with Gasteiger partial charge in [-0.15, -0.1) is 0 Å². The Balaban J connectivity index is 1.01. The van der Waals surface area contributed by atoms with Gasteiger partial charge in [0.05, 0.1) is 11.4 Å². The highest BCUT2D eigenvalue weighted by Crippen LogP contribution is 2.36. The van der Waals surface area contributed by atoms with Crippen molar-refractivity contribution in [1.82, 2.24) is 24.9 Å². The number of para-hydroxylation sites is 1. The van der Waals surface area contributed by atoms with Crippen LogP contribution < -0.4 is 0 Å². The van der Waals surface area contributed by atoms with Crippen LogP contribution in [0, 0.1) is 0 Å². The summed E-state index contributed by atoms with van der Waals surface area (Å²) in [5, 5.41) is 4.45. The molecule has 11 rings (SSSR count). The molecular formula is C53H33N5O. The number of rotatable bonds is 7. The van der Waals surface area contributed by atoms with Crippen LogP contribution in [0.1, 0.15) is 0 Å². The lowest BCUT2D eigenvalue weighted by Gasteiger charge is -2.12. The molecule has 3 heterocycles. The molecule has 0 aliphatic rings. The minimum Gasteiger partial charge on any atom is -0.456 e. The summed E-state index contributed by atoms with van der Waals surface area (Å²) in [5.41, 5.74) is 11.1. The van der Waals surface area contributed by atoms with Gasteiger partial charge in [0.2, 0.25) is 0 Å². The molecule has 0 saturated heterocycles. The summed E-state index contributed by atoms with van der Waals surface area (Å²) in [6.45, 7) is 0. The number of hydrogen-bond acceptors (Lipinski definition) is 6. The Labute approximate surface area is 340 Å². The maximum absolute atomic E-state index is 6.25. The maximum atomic E-state index is 6.25. The minimum absolute atomic E-state index is 0.573. The lowest BCUT2D eigenvalue weighted by atomic mass is 9.98. The van der Waals surface area contributed by atoms with E-state index in [-0.39, 0.29) is 0 Å². The molecule has 11 aromatic rings. The summed E-state index contributed by atoms with van der Waals surface area (Å²) in [6, 6.07) is 68.2. The van der Waals surface area contributed by atoms with Crippen LogP contribution in [0.3, 0.4) is 0 Å². The topological polar surface area (TPSA) is 77.6 Å². The minimum atomic E-state index is 0.573. The monoisotopic (exact) mass is 755 g/mol. The van der Waals surface area contributed by atoms with Gasteiger partial charge in [0.15, 0.2) is 23.3 Å². The van der Waals surface area contributed by atoms with E-state index in [1.165, 1.54) is 5.39 Å². The Morgan fingerprint density at radius 1 is 0.271 bits per heavy atom. The molecule has 59 heavy (non-hydrogen) atoms. The Bertz CT molecular complexity index is 3340. The van der Waals surface area contributed by atoms with Crippen LogP contribution in [-0.4, -0.2) is 24.9 Å². The first-order chi connectivity index (χ1) is 29.2. The predicted octanol–water partition coefficient (Wildman–Crippen LogP) is 13.4. The van der Waals surface area contributed by atoms with Crippen molar-refractivity contribution < 1.29 is 4.42 Å². The third-order valence-corrected chi connectivity index (χ3v) is 10.7. The van der Waals surface area contributed by atoms with Gasteiger partial charge in [-0.1, -0.05) is 164 Å². The van der Waals surface area contributed by atoms with Crippen LogP contribution in [0.25, 0.3) is 112 Å². The molecule has 0 saturated carbocycles. The van der Waals surface area contributed by atoms with E-state index in [1.54, 1.807) is 0 Å². The van der Waals surface area contributed by atoms with E-state index in [2.05, 4.69) is 127 Å². The van der Waals surface area contributed by atoms with Gasteiger partial charge >= 0.3 is 0 Å². The summed E-state index contributed by atoms with van der Waals surface area (Å²) in [7, 11) is 0. The molecule has 0 amide bonds. The van der Waals surface area contributed by atoms with Gasteiger partial charge < -0.3 is 4.42 Å². The van der Waals surface area contributed by atoms with Gasteiger partial charge in [0.1, 0.15) is 11.2 Å². The molecule has 276 valence electrons. The second-order valence-corrected chi connectivity index (χ2v) is 14.5. The molecule has 0 bridgehead atoms. The smallest absolute Gasteiger partial charge is 0.164 e. The van der Waals surface area contributed by atoms with Gasteiger partial charge in [0, 0.05) is 44.2 Å². The Kier molecular flexibility index (Phi) is 8.37. The van der Waals surface area contributed by atoms with Crippen molar-refractivity contribution in [3.05, 3.63) is 200 Å². The first-order valence-electron chi connectivity index (χ1n) is 19.6. The average Bonchev–Trinajstić information content (AvgIpc) is 3.70. The predicted molar refractivity (Wildman–Crippen MR) is 238 cm³/mol. The first kappa shape index (κ1) is 34.2. The van der Waals surface area contributed by atoms with Crippen molar-refractivity contribution in [2.75, 3.05) is 0 Å². The van der Waals surface area contributed by atoms with Crippen molar-refractivity contribution >= 4 is 32.7 Å². The van der Waals surface area contributed by atoms with Crippen LogP contribution in [0.15, 0.2) is 205 Å². The van der Waals surface area contributed by atoms with E-state index in [9.17, 15) is 0 Å². The number of fused-ring (bicyclic) bond motifs is 4. The van der Waals surface area contributed by atoms with E-state index in [1.807, 2.05) is 72.8 Å². The van der Waals surface area contributed by atoms with Gasteiger partial charge in [0.25, 0.3) is 0 Å². The molecule has 0 fully saturated rings. The molecule has 0 radical (unpaired) electrons. The molecule has 6 nitrogen and oxygen atoms in total. The van der Waals surface area contributed by atoms with Crippen molar-refractivity contribution in [3.8, 4) is 79.2 Å². The fraction of sp³-hybridized carbons (Fsp3) is 0. The summed E-state index contributed by atoms with van der Waals surface area (Å²) >= 11 is 0. The molecule has 8 aromatic carbocycles. The molecular weight excluding hydrogens is 723 g/mol. The number of aromatic nitrogens is 5. The molecule has 0 spiro atoms. The van der Waals surface area contributed by atoms with Gasteiger partial charge in [-0.2, -0.15) is 0 Å². The van der Waals surface area contributed by atoms with Crippen molar-refractivity contribution in [1.29, 1.82) is 0 Å². The normalized spacial score (nSPS) is 11.4. The van der Waals surface area contributed by atoms with Crippen LogP contribution in [-0.2, 0) is 0 Å². The Hall–Kier alpha value is -8.09. The van der Waals surface area contributed by atoms with Crippen molar-refractivity contribution in [2.45, 2.75) is 0 Å². The van der Waals surface area contributed by atoms with E-state index in [0.29, 0.717) is 23.3 Å². The zero-order valence-electron chi connectivity index (χ0n) is 31.7. The zero-order chi connectivity index (χ0) is 39.1. The van der Waals surface area contributed by atoms with Gasteiger partial charge in [-0.25, -0.2) is 24.9 Å². The maximum Gasteiger partial charge on any atom is 0.164 e. The molecule has 0 atom stereocenters. The lowest BCUT2D eigenvalue weighted by Crippen LogP contribution is -2.00. The molecule has 0 N–H and O–H groups in total. The highest BCUT2D eigenvalue weighted by molar-refractivity contribution is 6.05. The van der Waals surface area contributed by atoms with E-state index < -0.39 is 0 Å². The van der Waals surface area contributed by atoms with Gasteiger partial charge in [-0.3, -0.25) is 0 Å². The highest BCUT2D eigenvalue weighted by Gasteiger charge is 2.17. The molecule has 0 aliphatic carbocycles. The quantitative estimate of drug-likeness (QED) is 0.161. The van der Waals surface area contributed by atoms with Crippen LogP contribution in [0.4, 0.5) is 0 Å². The van der Waals surface area contributed by atoms with E-state index in [0.717, 1.165) is 83.2 Å². The lowest BCUT2D eigenvalue weighted by molar-refractivity contribution is 0.669. The standard InChI is InChI=1S/C53H33N5O/c1-3-15-35(16-4-1)50-54-46(33-47(55-50)43-26-13-19-34-14-7-8-24-42(34)43)39-22-11-20-37(30-39)38-21-12-23-40(31-38)52-56-51(36-17-5-2-6-18-36)57-53(58-52)41-28-29-45-44-25-9-10-27-48(44)59-49(45)32-41/h1-33H. The summed E-state index contributed by atoms with van der Waals surface area (Å²) in [6.07, 6.45) is 0. The number of furan rings is 1. The number of hydrogen-bond donors (Lipinski definition) is 0. The largest absolute Gasteiger partial charge is 0.456 e. The zero-order valence-corrected chi connectivity index (χ0v) is 31.7. The third-order valence-electron chi connectivity index (χ3n) is 10.7. The third kappa shape index (κ3) is 6.49. The summed E-state index contributed by atoms with van der Waals surface area (Å²) in [4.78, 5) is 25.4. The molecule has 3 aromatic heterocycles. The second kappa shape index (κ2) is 14.4. The first-order valence-corrected chi connectivity index (χ1v) is 19.6. The molecule has 0 unspecified atom stereocenters. The summed E-state index contributed by atoms with van der Waals surface area (Å²) < 4.78 is 6.25. The molecule has 6 heteroatoms. The van der Waals surface area contributed by atoms with Crippen LogP contribution in [0.2, 0.25) is 0 Å². The highest BCUT2D eigenvalue weighted by atomic mass is 16.3. The summed E-state index contributed by atoms with van der Waals surface area (Å²) in [5.74, 6) is 2.43. The Morgan fingerprint density at radius 3 is 1.51 bits per heavy atom. The fourth-order valence-electron chi connectivity index (χ4n) is 7.81. The Morgan fingerprint density at radius 2 is 0.763 bits per heavy atom.